The lowest BCUT2D eigenvalue weighted by Gasteiger charge is -2.24. The minimum absolute atomic E-state index is 0.0611. The van der Waals surface area contributed by atoms with Gasteiger partial charge >= 0.3 is 11.9 Å². The van der Waals surface area contributed by atoms with E-state index in [1.165, 1.54) is 0 Å². The number of esters is 2. The van der Waals surface area contributed by atoms with Crippen LogP contribution in [0.1, 0.15) is 39.2 Å². The lowest BCUT2D eigenvalue weighted by Crippen LogP contribution is -2.40. The van der Waals surface area contributed by atoms with Crippen LogP contribution in [0, 0.1) is 11.3 Å². The van der Waals surface area contributed by atoms with E-state index in [9.17, 15) is 9.59 Å². The lowest BCUT2D eigenvalue weighted by atomic mass is 9.85. The fourth-order valence-corrected chi connectivity index (χ4v) is 3.47. The maximum atomic E-state index is 12.7. The third-order valence-corrected chi connectivity index (χ3v) is 4.81. The van der Waals surface area contributed by atoms with Crippen LogP contribution in [0.5, 0.6) is 0 Å². The number of ether oxygens (including phenoxy) is 2. The highest BCUT2D eigenvalue weighted by atomic mass is 16.6. The highest BCUT2D eigenvalue weighted by molar-refractivity contribution is 6.01. The molecule has 1 aliphatic carbocycles. The van der Waals surface area contributed by atoms with Crippen LogP contribution in [0.25, 0.3) is 5.57 Å². The average Bonchev–Trinajstić information content (AvgIpc) is 3.03. The third-order valence-electron chi connectivity index (χ3n) is 4.81. The summed E-state index contributed by atoms with van der Waals surface area (Å²) in [5.41, 5.74) is 1.91. The van der Waals surface area contributed by atoms with E-state index in [4.69, 9.17) is 9.47 Å². The fourth-order valence-electron chi connectivity index (χ4n) is 3.47. The van der Waals surface area contributed by atoms with Crippen molar-refractivity contribution in [3.05, 3.63) is 54.1 Å². The molecule has 0 aromatic heterocycles. The standard InChI is InChI=1S/C21H26O4/c1-5-16-13-21(19(22)24-6-2,20(23)25-7-3)14-18(16)15(4)17-11-9-8-10-12-17/h5,8-12,16H,1,6-7,13-14H2,2-4H3/b18-15-. The van der Waals surface area contributed by atoms with Gasteiger partial charge in [0.25, 0.3) is 0 Å². The lowest BCUT2D eigenvalue weighted by molar-refractivity contribution is -0.171. The molecule has 0 radical (unpaired) electrons. The van der Waals surface area contributed by atoms with Crippen LogP contribution in [0.15, 0.2) is 48.6 Å². The maximum Gasteiger partial charge on any atom is 0.323 e. The Morgan fingerprint density at radius 1 is 1.16 bits per heavy atom. The van der Waals surface area contributed by atoms with E-state index in [1.54, 1.807) is 13.8 Å². The Labute approximate surface area is 149 Å². The molecule has 1 fully saturated rings. The van der Waals surface area contributed by atoms with Crippen molar-refractivity contribution in [2.75, 3.05) is 13.2 Å². The maximum absolute atomic E-state index is 12.7. The van der Waals surface area contributed by atoms with Gasteiger partial charge in [0.2, 0.25) is 0 Å². The Kier molecular flexibility index (Phi) is 6.18. The van der Waals surface area contributed by atoms with Crippen molar-refractivity contribution < 1.29 is 19.1 Å². The molecular formula is C21H26O4. The van der Waals surface area contributed by atoms with E-state index in [1.807, 2.05) is 43.3 Å². The summed E-state index contributed by atoms with van der Waals surface area (Å²) in [6, 6.07) is 9.96. The van der Waals surface area contributed by atoms with Crippen LogP contribution >= 0.6 is 0 Å². The van der Waals surface area contributed by atoms with Gasteiger partial charge in [0.1, 0.15) is 0 Å². The summed E-state index contributed by atoms with van der Waals surface area (Å²) < 4.78 is 10.5. The normalized spacial score (nSPS) is 20.7. The minimum atomic E-state index is -1.28. The first kappa shape index (κ1) is 19.0. The predicted octanol–water partition coefficient (Wildman–Crippen LogP) is 4.17. The van der Waals surface area contributed by atoms with E-state index < -0.39 is 17.4 Å². The molecule has 1 unspecified atom stereocenters. The molecule has 1 atom stereocenters. The fraction of sp³-hybridized carbons (Fsp3) is 0.429. The van der Waals surface area contributed by atoms with Crippen LogP contribution in [-0.2, 0) is 19.1 Å². The van der Waals surface area contributed by atoms with Crippen LogP contribution < -0.4 is 0 Å². The number of hydrogen-bond acceptors (Lipinski definition) is 4. The molecule has 1 aromatic carbocycles. The summed E-state index contributed by atoms with van der Waals surface area (Å²) in [5.74, 6) is -1.07. The van der Waals surface area contributed by atoms with Crippen LogP contribution in [0.3, 0.4) is 0 Å². The molecule has 0 spiro atoms. The third kappa shape index (κ3) is 3.68. The Morgan fingerprint density at radius 3 is 2.20 bits per heavy atom. The molecule has 1 aromatic rings. The highest BCUT2D eigenvalue weighted by Crippen LogP contribution is 2.50. The van der Waals surface area contributed by atoms with Crippen LogP contribution in [0.4, 0.5) is 0 Å². The van der Waals surface area contributed by atoms with Crippen molar-refractivity contribution in [1.29, 1.82) is 0 Å². The molecular weight excluding hydrogens is 316 g/mol. The second-order valence-corrected chi connectivity index (χ2v) is 6.26. The van der Waals surface area contributed by atoms with E-state index in [-0.39, 0.29) is 19.1 Å². The van der Waals surface area contributed by atoms with Crippen molar-refractivity contribution in [2.45, 2.75) is 33.6 Å². The summed E-state index contributed by atoms with van der Waals surface area (Å²) in [7, 11) is 0. The van der Waals surface area contributed by atoms with Gasteiger partial charge in [-0.05, 0) is 50.7 Å². The van der Waals surface area contributed by atoms with Gasteiger partial charge < -0.3 is 9.47 Å². The summed E-state index contributed by atoms with van der Waals surface area (Å²) in [6.07, 6.45) is 2.46. The quantitative estimate of drug-likeness (QED) is 0.442. The highest BCUT2D eigenvalue weighted by Gasteiger charge is 2.55. The van der Waals surface area contributed by atoms with E-state index in [0.29, 0.717) is 12.8 Å². The Morgan fingerprint density at radius 2 is 1.72 bits per heavy atom. The first-order valence-corrected chi connectivity index (χ1v) is 8.72. The summed E-state index contributed by atoms with van der Waals surface area (Å²) in [5, 5.41) is 0. The van der Waals surface area contributed by atoms with Crippen molar-refractivity contribution in [2.24, 2.45) is 11.3 Å². The Hall–Kier alpha value is -2.36. The first-order chi connectivity index (χ1) is 12.0. The van der Waals surface area contributed by atoms with Crippen LogP contribution in [-0.4, -0.2) is 25.2 Å². The summed E-state index contributed by atoms with van der Waals surface area (Å²) in [4.78, 5) is 25.3. The van der Waals surface area contributed by atoms with Crippen LogP contribution in [0.2, 0.25) is 0 Å². The molecule has 2 rings (SSSR count). The number of hydrogen-bond donors (Lipinski definition) is 0. The van der Waals surface area contributed by atoms with Crippen molar-refractivity contribution in [3.8, 4) is 0 Å². The molecule has 0 aliphatic heterocycles. The first-order valence-electron chi connectivity index (χ1n) is 8.72. The summed E-state index contributed by atoms with van der Waals surface area (Å²) in [6.45, 7) is 9.87. The molecule has 0 N–H and O–H groups in total. The van der Waals surface area contributed by atoms with Gasteiger partial charge in [0.05, 0.1) is 13.2 Å². The SMILES string of the molecule is C=CC1CC(C(=O)OCC)(C(=O)OCC)C/C1=C(\C)c1ccccc1. The van der Waals surface area contributed by atoms with Crippen molar-refractivity contribution in [3.63, 3.8) is 0 Å². The molecule has 134 valence electrons. The summed E-state index contributed by atoms with van der Waals surface area (Å²) >= 11 is 0. The monoisotopic (exact) mass is 342 g/mol. The van der Waals surface area contributed by atoms with E-state index in [0.717, 1.165) is 16.7 Å². The molecule has 1 saturated carbocycles. The van der Waals surface area contributed by atoms with Gasteiger partial charge in [-0.25, -0.2) is 0 Å². The minimum Gasteiger partial charge on any atom is -0.465 e. The Balaban J connectivity index is 2.50. The molecule has 25 heavy (non-hydrogen) atoms. The smallest absolute Gasteiger partial charge is 0.323 e. The zero-order valence-corrected chi connectivity index (χ0v) is 15.2. The second kappa shape index (κ2) is 8.15. The molecule has 0 saturated heterocycles. The van der Waals surface area contributed by atoms with Gasteiger partial charge in [0.15, 0.2) is 5.41 Å². The van der Waals surface area contributed by atoms with Gasteiger partial charge in [-0.1, -0.05) is 42.0 Å². The van der Waals surface area contributed by atoms with Crippen molar-refractivity contribution in [1.82, 2.24) is 0 Å². The Bertz CT molecular complexity index is 654. The topological polar surface area (TPSA) is 52.6 Å². The van der Waals surface area contributed by atoms with E-state index >= 15 is 0 Å². The second-order valence-electron chi connectivity index (χ2n) is 6.26. The molecule has 1 aliphatic rings. The largest absolute Gasteiger partial charge is 0.465 e. The average molecular weight is 342 g/mol. The predicted molar refractivity (Wildman–Crippen MR) is 97.7 cm³/mol. The van der Waals surface area contributed by atoms with Crippen molar-refractivity contribution >= 4 is 17.5 Å². The number of allylic oxidation sites excluding steroid dienone is 3. The molecule has 0 heterocycles. The number of rotatable bonds is 6. The zero-order valence-electron chi connectivity index (χ0n) is 15.2. The van der Waals surface area contributed by atoms with Gasteiger partial charge in [-0.15, -0.1) is 6.58 Å². The number of benzene rings is 1. The van der Waals surface area contributed by atoms with E-state index in [2.05, 4.69) is 6.58 Å². The molecule has 4 nitrogen and oxygen atoms in total. The zero-order chi connectivity index (χ0) is 18.4. The van der Waals surface area contributed by atoms with Gasteiger partial charge in [0, 0.05) is 0 Å². The number of carbonyl (C=O) groups is 2. The number of carbonyl (C=O) groups excluding carboxylic acids is 2. The van der Waals surface area contributed by atoms with Gasteiger partial charge in [-0.2, -0.15) is 0 Å². The molecule has 4 heteroatoms. The molecule has 0 bridgehead atoms. The molecule has 0 amide bonds. The van der Waals surface area contributed by atoms with Gasteiger partial charge in [-0.3, -0.25) is 9.59 Å².